The molecule has 1 amide bonds. The summed E-state index contributed by atoms with van der Waals surface area (Å²) < 4.78 is 0. The monoisotopic (exact) mass is 199 g/mol. The second-order valence-corrected chi connectivity index (χ2v) is 2.46. The summed E-state index contributed by atoms with van der Waals surface area (Å²) in [7, 11) is 0. The molecule has 0 aliphatic carbocycles. The van der Waals surface area contributed by atoms with E-state index in [9.17, 15) is 4.79 Å². The molecule has 0 bridgehead atoms. The minimum Gasteiger partial charge on any atom is -0.465 e. The molecular weight excluding hydrogens is 190 g/mol. The van der Waals surface area contributed by atoms with Crippen LogP contribution in [-0.2, 0) is 0 Å². The summed E-state index contributed by atoms with van der Waals surface area (Å²) in [4.78, 5) is 17.5. The molecule has 0 unspecified atom stereocenters. The molecule has 0 fully saturated rings. The first kappa shape index (κ1) is 10.4. The van der Waals surface area contributed by atoms with Gasteiger partial charge in [-0.3, -0.25) is 10.3 Å². The van der Waals surface area contributed by atoms with Gasteiger partial charge in [-0.2, -0.15) is 0 Å². The Labute approximate surface area is 79.1 Å². The molecule has 0 aliphatic heterocycles. The second kappa shape index (κ2) is 4.49. The van der Waals surface area contributed by atoms with Crippen LogP contribution < -0.4 is 5.32 Å². The molecule has 7 heteroatoms. The summed E-state index contributed by atoms with van der Waals surface area (Å²) in [6, 6.07) is 0. The smallest absolute Gasteiger partial charge is 0.410 e. The van der Waals surface area contributed by atoms with Gasteiger partial charge >= 0.3 is 6.09 Å². The maximum atomic E-state index is 10.2. The van der Waals surface area contributed by atoms with Crippen LogP contribution in [0.15, 0.2) is 12.4 Å². The minimum atomic E-state index is -1.24. The maximum Gasteiger partial charge on any atom is 0.410 e. The van der Waals surface area contributed by atoms with Gasteiger partial charge in [-0.25, -0.2) is 9.78 Å². The summed E-state index contributed by atoms with van der Waals surface area (Å²) in [5.41, 5.74) is 0.184. The molecular formula is C7H9N3O4. The standard InChI is InChI=1S/C7H9N3O4/c11-3-5(12)4-1-9-6(2-8-4)10-7(13)14/h1-2,5,11-12H,3H2,(H,9,10)(H,13,14)/t5-/m1/s1. The lowest BCUT2D eigenvalue weighted by atomic mass is 10.3. The van der Waals surface area contributed by atoms with Gasteiger partial charge in [-0.15, -0.1) is 0 Å². The molecule has 0 aliphatic rings. The predicted molar refractivity (Wildman–Crippen MR) is 45.7 cm³/mol. The predicted octanol–water partition coefficient (Wildman–Crippen LogP) is -0.408. The number of hydrogen-bond donors (Lipinski definition) is 4. The Morgan fingerprint density at radius 3 is 2.64 bits per heavy atom. The SMILES string of the molecule is O=C(O)Nc1cnc([C@H](O)CO)cn1. The molecule has 1 rings (SSSR count). The van der Waals surface area contributed by atoms with E-state index < -0.39 is 18.8 Å². The molecule has 1 heterocycles. The average Bonchev–Trinajstić information content (AvgIpc) is 2.17. The molecule has 1 atom stereocenters. The number of amides is 1. The zero-order valence-electron chi connectivity index (χ0n) is 7.08. The first-order chi connectivity index (χ1) is 6.63. The molecule has 0 aromatic carbocycles. The van der Waals surface area contributed by atoms with E-state index in [0.717, 1.165) is 6.20 Å². The third kappa shape index (κ3) is 2.64. The van der Waals surface area contributed by atoms with Crippen LogP contribution in [0.2, 0.25) is 0 Å². The number of rotatable bonds is 3. The molecule has 0 saturated carbocycles. The van der Waals surface area contributed by atoms with E-state index in [-0.39, 0.29) is 11.5 Å². The van der Waals surface area contributed by atoms with Gasteiger partial charge in [0.2, 0.25) is 0 Å². The maximum absolute atomic E-state index is 10.2. The van der Waals surface area contributed by atoms with E-state index in [1.807, 2.05) is 5.32 Å². The highest BCUT2D eigenvalue weighted by Gasteiger charge is 2.08. The van der Waals surface area contributed by atoms with E-state index in [1.165, 1.54) is 6.20 Å². The summed E-state index contributed by atoms with van der Waals surface area (Å²) in [6.07, 6.45) is 0.00485. The zero-order chi connectivity index (χ0) is 10.6. The van der Waals surface area contributed by atoms with Gasteiger partial charge in [-0.1, -0.05) is 0 Å². The van der Waals surface area contributed by atoms with Gasteiger partial charge in [-0.05, 0) is 0 Å². The van der Waals surface area contributed by atoms with Crippen LogP contribution in [0.3, 0.4) is 0 Å². The summed E-state index contributed by atoms with van der Waals surface area (Å²) in [5, 5.41) is 28.0. The van der Waals surface area contributed by atoms with E-state index in [1.54, 1.807) is 0 Å². The van der Waals surface area contributed by atoms with Crippen molar-refractivity contribution < 1.29 is 20.1 Å². The van der Waals surface area contributed by atoms with Crippen LogP contribution >= 0.6 is 0 Å². The summed E-state index contributed by atoms with van der Waals surface area (Å²) >= 11 is 0. The van der Waals surface area contributed by atoms with Crippen LogP contribution in [0.1, 0.15) is 11.8 Å². The Morgan fingerprint density at radius 1 is 1.50 bits per heavy atom. The first-order valence-corrected chi connectivity index (χ1v) is 3.74. The van der Waals surface area contributed by atoms with Gasteiger partial charge in [0.25, 0.3) is 0 Å². The van der Waals surface area contributed by atoms with Crippen LogP contribution in [-0.4, -0.2) is 38.0 Å². The molecule has 0 saturated heterocycles. The number of aliphatic hydroxyl groups excluding tert-OH is 2. The highest BCUT2D eigenvalue weighted by Crippen LogP contribution is 2.08. The van der Waals surface area contributed by atoms with Crippen molar-refractivity contribution in [3.63, 3.8) is 0 Å². The van der Waals surface area contributed by atoms with Gasteiger partial charge in [0.15, 0.2) is 5.82 Å². The lowest BCUT2D eigenvalue weighted by Gasteiger charge is -2.05. The highest BCUT2D eigenvalue weighted by molar-refractivity contribution is 5.81. The van der Waals surface area contributed by atoms with Crippen LogP contribution in [0.25, 0.3) is 0 Å². The molecule has 0 radical (unpaired) electrons. The van der Waals surface area contributed by atoms with Crippen molar-refractivity contribution in [1.29, 1.82) is 0 Å². The molecule has 76 valence electrons. The Bertz CT molecular complexity index is 313. The number of nitrogens with zero attached hydrogens (tertiary/aromatic N) is 2. The second-order valence-electron chi connectivity index (χ2n) is 2.46. The van der Waals surface area contributed by atoms with Crippen molar-refractivity contribution in [3.05, 3.63) is 18.1 Å². The first-order valence-electron chi connectivity index (χ1n) is 3.74. The molecule has 0 spiro atoms. The number of nitrogens with one attached hydrogen (secondary N) is 1. The summed E-state index contributed by atoms with van der Waals surface area (Å²) in [5.74, 6) is 0.0615. The molecule has 7 nitrogen and oxygen atoms in total. The lowest BCUT2D eigenvalue weighted by molar-refractivity contribution is 0.0920. The van der Waals surface area contributed by atoms with Crippen molar-refractivity contribution in [2.45, 2.75) is 6.10 Å². The van der Waals surface area contributed by atoms with Gasteiger partial charge in [0.1, 0.15) is 6.10 Å². The van der Waals surface area contributed by atoms with Crippen LogP contribution in [0.4, 0.5) is 10.6 Å². The fraction of sp³-hybridized carbons (Fsp3) is 0.286. The number of carboxylic acid groups (broad SMARTS) is 1. The third-order valence-corrected chi connectivity index (χ3v) is 1.42. The highest BCUT2D eigenvalue weighted by atomic mass is 16.4. The number of carbonyl (C=O) groups is 1. The van der Waals surface area contributed by atoms with Crippen molar-refractivity contribution in [3.8, 4) is 0 Å². The van der Waals surface area contributed by atoms with E-state index in [2.05, 4.69) is 9.97 Å². The lowest BCUT2D eigenvalue weighted by Crippen LogP contribution is -2.11. The number of aliphatic hydroxyl groups is 2. The normalized spacial score (nSPS) is 12.1. The van der Waals surface area contributed by atoms with Gasteiger partial charge in [0, 0.05) is 0 Å². The minimum absolute atomic E-state index is 0.0615. The number of aromatic nitrogens is 2. The Kier molecular flexibility index (Phi) is 3.32. The Balaban J connectivity index is 2.73. The van der Waals surface area contributed by atoms with Gasteiger partial charge in [0.05, 0.1) is 24.7 Å². The van der Waals surface area contributed by atoms with Crippen molar-refractivity contribution in [2.24, 2.45) is 0 Å². The fourth-order valence-corrected chi connectivity index (χ4v) is 0.778. The third-order valence-electron chi connectivity index (χ3n) is 1.42. The number of anilines is 1. The van der Waals surface area contributed by atoms with Crippen LogP contribution in [0, 0.1) is 0 Å². The zero-order valence-corrected chi connectivity index (χ0v) is 7.08. The number of hydrogen-bond acceptors (Lipinski definition) is 5. The molecule has 1 aromatic heterocycles. The summed E-state index contributed by atoms with van der Waals surface area (Å²) in [6.45, 7) is -0.458. The average molecular weight is 199 g/mol. The topological polar surface area (TPSA) is 116 Å². The Morgan fingerprint density at radius 2 is 2.21 bits per heavy atom. The van der Waals surface area contributed by atoms with Crippen molar-refractivity contribution >= 4 is 11.9 Å². The van der Waals surface area contributed by atoms with E-state index in [0.29, 0.717) is 0 Å². The molecule has 4 N–H and O–H groups in total. The van der Waals surface area contributed by atoms with Crippen molar-refractivity contribution in [2.75, 3.05) is 11.9 Å². The van der Waals surface area contributed by atoms with Gasteiger partial charge < -0.3 is 15.3 Å². The quantitative estimate of drug-likeness (QED) is 0.526. The van der Waals surface area contributed by atoms with Crippen molar-refractivity contribution in [1.82, 2.24) is 9.97 Å². The van der Waals surface area contributed by atoms with E-state index >= 15 is 0 Å². The molecule has 14 heavy (non-hydrogen) atoms. The Hall–Kier alpha value is -1.73. The van der Waals surface area contributed by atoms with Crippen LogP contribution in [0.5, 0.6) is 0 Å². The largest absolute Gasteiger partial charge is 0.465 e. The van der Waals surface area contributed by atoms with E-state index in [4.69, 9.17) is 15.3 Å². The molecule has 1 aromatic rings. The fourth-order valence-electron chi connectivity index (χ4n) is 0.778.